The third-order valence-corrected chi connectivity index (χ3v) is 6.71. The van der Waals surface area contributed by atoms with Crippen molar-refractivity contribution >= 4 is 34.7 Å². The second kappa shape index (κ2) is 8.48. The minimum atomic E-state index is -0.320. The Morgan fingerprint density at radius 1 is 1.00 bits per heavy atom. The first-order chi connectivity index (χ1) is 14.8. The summed E-state index contributed by atoms with van der Waals surface area (Å²) in [5.74, 6) is -0.630. The van der Waals surface area contributed by atoms with Crippen LogP contribution in [-0.2, 0) is 9.59 Å². The highest BCUT2D eigenvalue weighted by molar-refractivity contribution is 6.47. The average Bonchev–Trinajstić information content (AvgIpc) is 2.99. The van der Waals surface area contributed by atoms with Crippen LogP contribution >= 0.6 is 11.6 Å². The Bertz CT molecular complexity index is 1070. The zero-order valence-electron chi connectivity index (χ0n) is 18.5. The molecule has 0 N–H and O–H groups in total. The number of anilines is 1. The lowest BCUT2D eigenvalue weighted by atomic mass is 9.96. The van der Waals surface area contributed by atoms with E-state index in [1.54, 1.807) is 24.3 Å². The van der Waals surface area contributed by atoms with Crippen molar-refractivity contribution in [2.75, 3.05) is 32.1 Å². The van der Waals surface area contributed by atoms with E-state index in [0.29, 0.717) is 22.0 Å². The summed E-state index contributed by atoms with van der Waals surface area (Å²) in [6.45, 7) is 5.95. The number of halogens is 1. The Labute approximate surface area is 188 Å². The maximum Gasteiger partial charge on any atom is 0.282 e. The lowest BCUT2D eigenvalue weighted by molar-refractivity contribution is -0.120. The quantitative estimate of drug-likeness (QED) is 0.670. The van der Waals surface area contributed by atoms with Gasteiger partial charge < -0.3 is 9.80 Å². The van der Waals surface area contributed by atoms with Crippen molar-refractivity contribution in [3.63, 3.8) is 0 Å². The monoisotopic (exact) mass is 437 g/mol. The molecule has 2 amide bonds. The number of hydrogen-bond acceptors (Lipinski definition) is 4. The zero-order chi connectivity index (χ0) is 22.3. The molecule has 1 saturated heterocycles. The van der Waals surface area contributed by atoms with E-state index in [1.165, 1.54) is 4.90 Å². The topological polar surface area (TPSA) is 43.9 Å². The predicted octanol–water partition coefficient (Wildman–Crippen LogP) is 4.27. The van der Waals surface area contributed by atoms with Crippen LogP contribution in [0.25, 0.3) is 5.57 Å². The number of carbonyl (C=O) groups is 2. The van der Waals surface area contributed by atoms with Crippen molar-refractivity contribution < 1.29 is 9.59 Å². The number of amides is 2. The first-order valence-electron chi connectivity index (χ1n) is 10.7. The molecule has 0 spiro atoms. The fourth-order valence-corrected chi connectivity index (χ4v) is 4.82. The van der Waals surface area contributed by atoms with Crippen LogP contribution in [0.15, 0.2) is 48.2 Å². The molecule has 5 nitrogen and oxygen atoms in total. The molecule has 0 radical (unpaired) electrons. The van der Waals surface area contributed by atoms with E-state index in [2.05, 4.69) is 11.9 Å². The van der Waals surface area contributed by atoms with Crippen molar-refractivity contribution in [1.29, 1.82) is 0 Å². The Morgan fingerprint density at radius 3 is 2.32 bits per heavy atom. The Hall–Kier alpha value is -2.63. The number of piperidine rings is 1. The molecule has 0 aliphatic carbocycles. The lowest BCUT2D eigenvalue weighted by Crippen LogP contribution is -2.43. The third kappa shape index (κ3) is 3.88. The van der Waals surface area contributed by atoms with Crippen molar-refractivity contribution in [2.45, 2.75) is 32.7 Å². The first-order valence-corrected chi connectivity index (χ1v) is 11.0. The lowest BCUT2D eigenvalue weighted by Gasteiger charge is -2.36. The summed E-state index contributed by atoms with van der Waals surface area (Å²) >= 11 is 6.39. The number of nitrogens with zero attached hydrogens (tertiary/aromatic N) is 3. The van der Waals surface area contributed by atoms with E-state index in [-0.39, 0.29) is 17.9 Å². The molecule has 2 aliphatic heterocycles. The second-order valence-corrected chi connectivity index (χ2v) is 8.99. The molecular weight excluding hydrogens is 410 g/mol. The SMILES string of the molecule is Cc1ccc(C2=C(N(C)C3CCN(C)CC3)C(=O)N(c3ccccc3Cl)C2=O)c(C)c1. The van der Waals surface area contributed by atoms with Crippen LogP contribution < -0.4 is 4.90 Å². The molecule has 0 aromatic heterocycles. The van der Waals surface area contributed by atoms with Crippen LogP contribution in [-0.4, -0.2) is 54.8 Å². The van der Waals surface area contributed by atoms with E-state index in [1.807, 2.05) is 44.0 Å². The summed E-state index contributed by atoms with van der Waals surface area (Å²) in [6, 6.07) is 13.2. The summed E-state index contributed by atoms with van der Waals surface area (Å²) in [4.78, 5) is 33.0. The smallest absolute Gasteiger partial charge is 0.282 e. The molecule has 4 rings (SSSR count). The largest absolute Gasteiger partial charge is 0.366 e. The van der Waals surface area contributed by atoms with Gasteiger partial charge in [0.2, 0.25) is 0 Å². The standard InChI is InChI=1S/C25H28ClN3O2/c1-16-9-10-19(17(2)15-16)22-23(28(4)18-11-13-27(3)14-12-18)25(31)29(24(22)30)21-8-6-5-7-20(21)26/h5-10,15,18H,11-14H2,1-4H3. The van der Waals surface area contributed by atoms with Crippen molar-refractivity contribution in [3.05, 3.63) is 69.9 Å². The van der Waals surface area contributed by atoms with Gasteiger partial charge in [-0.1, -0.05) is 47.5 Å². The molecule has 2 aromatic carbocycles. The summed E-state index contributed by atoms with van der Waals surface area (Å²) in [7, 11) is 4.05. The van der Waals surface area contributed by atoms with Gasteiger partial charge in [0.05, 0.1) is 16.3 Å². The van der Waals surface area contributed by atoms with Gasteiger partial charge in [0.1, 0.15) is 5.70 Å². The van der Waals surface area contributed by atoms with Crippen LogP contribution in [0, 0.1) is 13.8 Å². The van der Waals surface area contributed by atoms with Crippen molar-refractivity contribution in [2.24, 2.45) is 0 Å². The minimum absolute atomic E-state index is 0.204. The number of hydrogen-bond donors (Lipinski definition) is 0. The van der Waals surface area contributed by atoms with Crippen molar-refractivity contribution in [3.8, 4) is 0 Å². The fourth-order valence-electron chi connectivity index (χ4n) is 4.60. The van der Waals surface area contributed by atoms with Crippen LogP contribution in [0.4, 0.5) is 5.69 Å². The number of aryl methyl sites for hydroxylation is 2. The highest BCUT2D eigenvalue weighted by atomic mass is 35.5. The molecule has 31 heavy (non-hydrogen) atoms. The van der Waals surface area contributed by atoms with Gasteiger partial charge in [-0.15, -0.1) is 0 Å². The minimum Gasteiger partial charge on any atom is -0.366 e. The molecule has 2 heterocycles. The molecule has 0 atom stereocenters. The van der Waals surface area contributed by atoms with Gasteiger partial charge in [0, 0.05) is 13.1 Å². The van der Waals surface area contributed by atoms with Gasteiger partial charge in [-0.05, 0) is 70.1 Å². The fraction of sp³-hybridized carbons (Fsp3) is 0.360. The van der Waals surface area contributed by atoms with E-state index >= 15 is 0 Å². The van der Waals surface area contributed by atoms with Gasteiger partial charge >= 0.3 is 0 Å². The highest BCUT2D eigenvalue weighted by Gasteiger charge is 2.44. The molecule has 0 unspecified atom stereocenters. The number of likely N-dealkylation sites (N-methyl/N-ethyl adjacent to an activating group) is 1. The van der Waals surface area contributed by atoms with Gasteiger partial charge in [-0.3, -0.25) is 9.59 Å². The molecule has 6 heteroatoms. The van der Waals surface area contributed by atoms with Crippen LogP contribution in [0.2, 0.25) is 5.02 Å². The van der Waals surface area contributed by atoms with E-state index < -0.39 is 0 Å². The summed E-state index contributed by atoms with van der Waals surface area (Å²) < 4.78 is 0. The number of carbonyl (C=O) groups excluding carboxylic acids is 2. The number of imide groups is 1. The predicted molar refractivity (Wildman–Crippen MR) is 125 cm³/mol. The Balaban J connectivity index is 1.84. The summed E-state index contributed by atoms with van der Waals surface area (Å²) in [5.41, 5.74) is 4.25. The van der Waals surface area contributed by atoms with Gasteiger partial charge in [0.15, 0.2) is 0 Å². The van der Waals surface area contributed by atoms with Crippen LogP contribution in [0.3, 0.4) is 0 Å². The Kier molecular flexibility index (Phi) is 5.91. The first kappa shape index (κ1) is 21.6. The number of para-hydroxylation sites is 1. The second-order valence-electron chi connectivity index (χ2n) is 8.58. The summed E-state index contributed by atoms with van der Waals surface area (Å²) in [5, 5.41) is 0.382. The Morgan fingerprint density at radius 2 is 1.68 bits per heavy atom. The van der Waals surface area contributed by atoms with Gasteiger partial charge in [-0.25, -0.2) is 4.90 Å². The molecule has 0 bridgehead atoms. The van der Waals surface area contributed by atoms with Crippen molar-refractivity contribution in [1.82, 2.24) is 9.80 Å². The normalized spacial score (nSPS) is 18.3. The van der Waals surface area contributed by atoms with E-state index in [9.17, 15) is 9.59 Å². The molecular formula is C25H28ClN3O2. The number of likely N-dealkylation sites (tertiary alicyclic amines) is 1. The molecule has 2 aromatic rings. The zero-order valence-corrected chi connectivity index (χ0v) is 19.2. The maximum atomic E-state index is 13.7. The molecule has 162 valence electrons. The summed E-state index contributed by atoms with van der Waals surface area (Å²) in [6.07, 6.45) is 1.90. The highest BCUT2D eigenvalue weighted by Crippen LogP contribution is 2.39. The van der Waals surface area contributed by atoms with Crippen LogP contribution in [0.5, 0.6) is 0 Å². The van der Waals surface area contributed by atoms with E-state index in [0.717, 1.165) is 42.6 Å². The van der Waals surface area contributed by atoms with Gasteiger partial charge in [-0.2, -0.15) is 0 Å². The average molecular weight is 438 g/mol. The maximum absolute atomic E-state index is 13.7. The molecule has 1 fully saturated rings. The molecule has 0 saturated carbocycles. The van der Waals surface area contributed by atoms with Crippen LogP contribution in [0.1, 0.15) is 29.5 Å². The number of rotatable bonds is 4. The number of benzene rings is 2. The molecule has 2 aliphatic rings. The van der Waals surface area contributed by atoms with E-state index in [4.69, 9.17) is 11.6 Å². The van der Waals surface area contributed by atoms with Gasteiger partial charge in [0.25, 0.3) is 11.8 Å². The third-order valence-electron chi connectivity index (χ3n) is 6.39.